The summed E-state index contributed by atoms with van der Waals surface area (Å²) in [5, 5.41) is 3.29. The van der Waals surface area contributed by atoms with Gasteiger partial charge in [-0.1, -0.05) is 6.92 Å². The second kappa shape index (κ2) is 4.56. The lowest BCUT2D eigenvalue weighted by Gasteiger charge is -2.14. The van der Waals surface area contributed by atoms with Crippen LogP contribution in [-0.2, 0) is 7.05 Å². The molecule has 3 nitrogen and oxygen atoms in total. The predicted octanol–water partition coefficient (Wildman–Crippen LogP) is 1.63. The minimum Gasteiger partial charge on any atom is -0.352 e. The van der Waals surface area contributed by atoms with Crippen LogP contribution >= 0.6 is 0 Å². The van der Waals surface area contributed by atoms with E-state index in [1.54, 1.807) is 6.20 Å². The first kappa shape index (κ1) is 9.66. The van der Waals surface area contributed by atoms with Crippen molar-refractivity contribution in [1.29, 1.82) is 0 Å². The molecule has 1 unspecified atom stereocenters. The van der Waals surface area contributed by atoms with Crippen molar-refractivity contribution in [1.82, 2.24) is 9.55 Å². The van der Waals surface area contributed by atoms with E-state index in [9.17, 15) is 0 Å². The zero-order valence-electron chi connectivity index (χ0n) is 8.12. The quantitative estimate of drug-likeness (QED) is 0.708. The standard InChI is InChI=1S/C10H15N3/c1-4-6-9(5-2)12-10-11-7-8-13(10)3/h1,7-9H,5-6H2,2-3H3,(H,11,12). The minimum absolute atomic E-state index is 0.325. The van der Waals surface area contributed by atoms with E-state index in [1.807, 2.05) is 17.8 Å². The third-order valence-electron chi connectivity index (χ3n) is 2.01. The molecule has 0 spiro atoms. The summed E-state index contributed by atoms with van der Waals surface area (Å²) in [5.41, 5.74) is 0. The fraction of sp³-hybridized carbons (Fsp3) is 0.500. The van der Waals surface area contributed by atoms with E-state index in [0.717, 1.165) is 18.8 Å². The van der Waals surface area contributed by atoms with Crippen LogP contribution < -0.4 is 5.32 Å². The lowest BCUT2D eigenvalue weighted by atomic mass is 10.2. The molecule has 1 aromatic heterocycles. The Morgan fingerprint density at radius 1 is 1.77 bits per heavy atom. The van der Waals surface area contributed by atoms with E-state index in [2.05, 4.69) is 23.1 Å². The molecule has 0 radical (unpaired) electrons. The van der Waals surface area contributed by atoms with Crippen molar-refractivity contribution >= 4 is 5.95 Å². The fourth-order valence-corrected chi connectivity index (χ4v) is 1.13. The number of aromatic nitrogens is 2. The van der Waals surface area contributed by atoms with Crippen molar-refractivity contribution in [2.45, 2.75) is 25.8 Å². The van der Waals surface area contributed by atoms with E-state index >= 15 is 0 Å². The van der Waals surface area contributed by atoms with Gasteiger partial charge >= 0.3 is 0 Å². The summed E-state index contributed by atoms with van der Waals surface area (Å²) in [4.78, 5) is 4.17. The normalized spacial score (nSPS) is 12.1. The van der Waals surface area contributed by atoms with E-state index < -0.39 is 0 Å². The largest absolute Gasteiger partial charge is 0.352 e. The molecule has 1 aromatic rings. The maximum absolute atomic E-state index is 5.25. The molecule has 0 aliphatic heterocycles. The van der Waals surface area contributed by atoms with Crippen molar-refractivity contribution < 1.29 is 0 Å². The zero-order chi connectivity index (χ0) is 9.68. The third kappa shape index (κ3) is 2.51. The van der Waals surface area contributed by atoms with Gasteiger partial charge in [0.2, 0.25) is 5.95 Å². The molecule has 0 saturated carbocycles. The number of hydrogen-bond acceptors (Lipinski definition) is 2. The van der Waals surface area contributed by atoms with Gasteiger partial charge < -0.3 is 9.88 Å². The number of terminal acetylenes is 1. The summed E-state index contributed by atoms with van der Waals surface area (Å²) in [5.74, 6) is 3.53. The first-order valence-corrected chi connectivity index (χ1v) is 4.45. The Bertz CT molecular complexity index is 295. The molecule has 0 aliphatic rings. The van der Waals surface area contributed by atoms with Crippen LogP contribution in [0.4, 0.5) is 5.95 Å². The molecule has 0 fully saturated rings. The van der Waals surface area contributed by atoms with Gasteiger partial charge in [0, 0.05) is 31.9 Å². The van der Waals surface area contributed by atoms with Crippen LogP contribution in [-0.4, -0.2) is 15.6 Å². The van der Waals surface area contributed by atoms with Crippen molar-refractivity contribution in [3.63, 3.8) is 0 Å². The second-order valence-corrected chi connectivity index (χ2v) is 3.02. The van der Waals surface area contributed by atoms with Crippen molar-refractivity contribution in [2.24, 2.45) is 7.05 Å². The van der Waals surface area contributed by atoms with E-state index in [0.29, 0.717) is 6.04 Å². The molecule has 1 N–H and O–H groups in total. The maximum atomic E-state index is 5.25. The van der Waals surface area contributed by atoms with Gasteiger partial charge in [-0.25, -0.2) is 4.98 Å². The van der Waals surface area contributed by atoms with E-state index in [-0.39, 0.29) is 0 Å². The molecule has 0 aliphatic carbocycles. The molecular formula is C10H15N3. The summed E-state index contributed by atoms with van der Waals surface area (Å²) < 4.78 is 1.94. The Hall–Kier alpha value is -1.43. The van der Waals surface area contributed by atoms with Crippen LogP contribution in [0.5, 0.6) is 0 Å². The number of nitrogens with one attached hydrogen (secondary N) is 1. The number of hydrogen-bond donors (Lipinski definition) is 1. The van der Waals surface area contributed by atoms with Crippen LogP contribution in [0.15, 0.2) is 12.4 Å². The smallest absolute Gasteiger partial charge is 0.202 e. The van der Waals surface area contributed by atoms with E-state index in [4.69, 9.17) is 6.42 Å². The monoisotopic (exact) mass is 177 g/mol. The molecule has 13 heavy (non-hydrogen) atoms. The number of imidazole rings is 1. The molecule has 0 amide bonds. The molecule has 0 saturated heterocycles. The average molecular weight is 177 g/mol. The third-order valence-corrected chi connectivity index (χ3v) is 2.01. The molecule has 1 rings (SSSR count). The van der Waals surface area contributed by atoms with Gasteiger partial charge in [-0.05, 0) is 6.42 Å². The highest BCUT2D eigenvalue weighted by atomic mass is 15.2. The van der Waals surface area contributed by atoms with Gasteiger partial charge in [-0.2, -0.15) is 0 Å². The second-order valence-electron chi connectivity index (χ2n) is 3.02. The molecule has 70 valence electrons. The minimum atomic E-state index is 0.325. The molecule has 0 bridgehead atoms. The summed E-state index contributed by atoms with van der Waals surface area (Å²) in [6.07, 6.45) is 10.7. The average Bonchev–Trinajstić information content (AvgIpc) is 2.51. The van der Waals surface area contributed by atoms with Crippen LogP contribution in [0, 0.1) is 12.3 Å². The Balaban J connectivity index is 2.57. The Morgan fingerprint density at radius 2 is 2.54 bits per heavy atom. The highest BCUT2D eigenvalue weighted by molar-refractivity contribution is 5.27. The number of rotatable bonds is 4. The number of nitrogens with zero attached hydrogens (tertiary/aromatic N) is 2. The first-order chi connectivity index (χ1) is 6.27. The highest BCUT2D eigenvalue weighted by Crippen LogP contribution is 2.07. The van der Waals surface area contributed by atoms with Gasteiger partial charge in [0.15, 0.2) is 0 Å². The summed E-state index contributed by atoms with van der Waals surface area (Å²) in [6, 6.07) is 0.325. The molecular weight excluding hydrogens is 162 g/mol. The Morgan fingerprint density at radius 3 is 3.00 bits per heavy atom. The summed E-state index contributed by atoms with van der Waals surface area (Å²) in [6.45, 7) is 2.11. The Labute approximate surface area is 79.2 Å². The topological polar surface area (TPSA) is 29.9 Å². The Kier molecular flexibility index (Phi) is 3.39. The molecule has 3 heteroatoms. The van der Waals surface area contributed by atoms with Crippen LogP contribution in [0.2, 0.25) is 0 Å². The van der Waals surface area contributed by atoms with E-state index in [1.165, 1.54) is 0 Å². The first-order valence-electron chi connectivity index (χ1n) is 4.45. The van der Waals surface area contributed by atoms with Gasteiger partial charge in [0.05, 0.1) is 0 Å². The van der Waals surface area contributed by atoms with Crippen LogP contribution in [0.25, 0.3) is 0 Å². The zero-order valence-corrected chi connectivity index (χ0v) is 8.12. The van der Waals surface area contributed by atoms with Crippen molar-refractivity contribution in [2.75, 3.05) is 5.32 Å². The summed E-state index contributed by atoms with van der Waals surface area (Å²) >= 11 is 0. The van der Waals surface area contributed by atoms with Crippen molar-refractivity contribution in [3.8, 4) is 12.3 Å². The number of anilines is 1. The molecule has 1 atom stereocenters. The lowest BCUT2D eigenvalue weighted by Crippen LogP contribution is -2.19. The van der Waals surface area contributed by atoms with Gasteiger partial charge in [0.25, 0.3) is 0 Å². The van der Waals surface area contributed by atoms with Crippen LogP contribution in [0.1, 0.15) is 19.8 Å². The van der Waals surface area contributed by atoms with Gasteiger partial charge in [-0.3, -0.25) is 0 Å². The molecule has 1 heterocycles. The summed E-state index contributed by atoms with van der Waals surface area (Å²) in [7, 11) is 1.96. The number of aryl methyl sites for hydroxylation is 1. The highest BCUT2D eigenvalue weighted by Gasteiger charge is 2.06. The molecule has 0 aromatic carbocycles. The fourth-order valence-electron chi connectivity index (χ4n) is 1.13. The van der Waals surface area contributed by atoms with Gasteiger partial charge in [-0.15, -0.1) is 12.3 Å². The predicted molar refractivity (Wildman–Crippen MR) is 54.4 cm³/mol. The SMILES string of the molecule is C#CCC(CC)Nc1nccn1C. The lowest BCUT2D eigenvalue weighted by molar-refractivity contribution is 0.698. The van der Waals surface area contributed by atoms with Crippen molar-refractivity contribution in [3.05, 3.63) is 12.4 Å². The van der Waals surface area contributed by atoms with Gasteiger partial charge in [0.1, 0.15) is 0 Å². The maximum Gasteiger partial charge on any atom is 0.202 e. The van der Waals surface area contributed by atoms with Crippen LogP contribution in [0.3, 0.4) is 0 Å².